The molecule has 0 amide bonds. The molecule has 0 atom stereocenters. The highest BCUT2D eigenvalue weighted by atomic mass is 16.3. The third-order valence-electron chi connectivity index (χ3n) is 10.5. The molecule has 0 radical (unpaired) electrons. The van der Waals surface area contributed by atoms with Gasteiger partial charge in [-0.05, 0) is 92.2 Å². The van der Waals surface area contributed by atoms with E-state index in [4.69, 9.17) is 4.42 Å². The van der Waals surface area contributed by atoms with Crippen LogP contribution in [0.1, 0.15) is 0 Å². The molecule has 0 saturated carbocycles. The maximum Gasteiger partial charge on any atom is 0.137 e. The molecule has 0 N–H and O–H groups in total. The number of para-hydroxylation sites is 2. The van der Waals surface area contributed by atoms with Gasteiger partial charge in [-0.1, -0.05) is 170 Å². The maximum atomic E-state index is 6.41. The van der Waals surface area contributed by atoms with Crippen LogP contribution in [0.5, 0.6) is 0 Å². The van der Waals surface area contributed by atoms with Crippen LogP contribution in [0.3, 0.4) is 0 Å². The molecular weight excluding hydrogens is 655 g/mol. The Bertz CT molecular complexity index is 2910. The lowest BCUT2D eigenvalue weighted by molar-refractivity contribution is 0.669. The first-order valence-corrected chi connectivity index (χ1v) is 18.4. The average Bonchev–Trinajstić information content (AvgIpc) is 3.64. The molecule has 10 rings (SSSR count). The van der Waals surface area contributed by atoms with Gasteiger partial charge in [0.2, 0.25) is 0 Å². The number of anilines is 3. The van der Waals surface area contributed by atoms with Gasteiger partial charge in [-0.3, -0.25) is 0 Å². The zero-order valence-corrected chi connectivity index (χ0v) is 29.6. The standard InChI is InChI=1S/C52H35NO/c1-3-13-36(14-4-1)37-25-27-41(28-26-37)45-18-7-9-21-48(45)53(49-22-12-24-51-52(49)46-19-8-10-23-50(46)54-51)43-33-31-38(32-34-43)42-30-29-40-17-11-20-44(47(40)35-42)39-15-5-2-6-16-39/h1-35H. The summed E-state index contributed by atoms with van der Waals surface area (Å²) in [5.41, 5.74) is 14.5. The van der Waals surface area contributed by atoms with Gasteiger partial charge in [0.15, 0.2) is 0 Å². The minimum atomic E-state index is 0.866. The Hall–Kier alpha value is -7.16. The quantitative estimate of drug-likeness (QED) is 0.166. The molecule has 0 aliphatic heterocycles. The van der Waals surface area contributed by atoms with Crippen LogP contribution < -0.4 is 4.90 Å². The number of nitrogens with zero attached hydrogens (tertiary/aromatic N) is 1. The number of hydrogen-bond donors (Lipinski definition) is 0. The van der Waals surface area contributed by atoms with Crippen LogP contribution in [0.2, 0.25) is 0 Å². The minimum absolute atomic E-state index is 0.866. The largest absolute Gasteiger partial charge is 0.456 e. The highest BCUT2D eigenvalue weighted by Crippen LogP contribution is 2.46. The second-order valence-electron chi connectivity index (χ2n) is 13.7. The van der Waals surface area contributed by atoms with Crippen LogP contribution in [-0.4, -0.2) is 0 Å². The average molecular weight is 690 g/mol. The van der Waals surface area contributed by atoms with Crippen molar-refractivity contribution in [3.8, 4) is 44.5 Å². The summed E-state index contributed by atoms with van der Waals surface area (Å²) in [6, 6.07) is 75.9. The van der Waals surface area contributed by atoms with Crippen molar-refractivity contribution in [1.29, 1.82) is 0 Å². The fourth-order valence-electron chi connectivity index (χ4n) is 7.86. The van der Waals surface area contributed by atoms with E-state index in [1.807, 2.05) is 12.1 Å². The van der Waals surface area contributed by atoms with Crippen molar-refractivity contribution >= 4 is 49.8 Å². The minimum Gasteiger partial charge on any atom is -0.456 e. The Morgan fingerprint density at radius 3 is 1.67 bits per heavy atom. The Balaban J connectivity index is 1.12. The van der Waals surface area contributed by atoms with Gasteiger partial charge in [-0.25, -0.2) is 0 Å². The van der Waals surface area contributed by atoms with Crippen LogP contribution in [0.4, 0.5) is 17.1 Å². The van der Waals surface area contributed by atoms with Crippen LogP contribution >= 0.6 is 0 Å². The first-order valence-electron chi connectivity index (χ1n) is 18.4. The van der Waals surface area contributed by atoms with Crippen molar-refractivity contribution in [3.05, 3.63) is 212 Å². The molecule has 0 aliphatic carbocycles. The molecule has 10 aromatic rings. The van der Waals surface area contributed by atoms with Gasteiger partial charge in [0.25, 0.3) is 0 Å². The predicted molar refractivity (Wildman–Crippen MR) is 228 cm³/mol. The van der Waals surface area contributed by atoms with Crippen molar-refractivity contribution < 1.29 is 4.42 Å². The number of hydrogen-bond acceptors (Lipinski definition) is 2. The van der Waals surface area contributed by atoms with E-state index in [-0.39, 0.29) is 0 Å². The van der Waals surface area contributed by atoms with Gasteiger partial charge in [-0.2, -0.15) is 0 Å². The summed E-state index contributed by atoms with van der Waals surface area (Å²) in [6.45, 7) is 0. The topological polar surface area (TPSA) is 16.4 Å². The van der Waals surface area contributed by atoms with E-state index in [0.717, 1.165) is 50.1 Å². The Morgan fingerprint density at radius 2 is 0.852 bits per heavy atom. The van der Waals surface area contributed by atoms with Gasteiger partial charge in [0, 0.05) is 16.6 Å². The number of fused-ring (bicyclic) bond motifs is 4. The Morgan fingerprint density at radius 1 is 0.315 bits per heavy atom. The van der Waals surface area contributed by atoms with Gasteiger partial charge < -0.3 is 9.32 Å². The normalized spacial score (nSPS) is 11.3. The highest BCUT2D eigenvalue weighted by molar-refractivity contribution is 6.14. The molecule has 0 spiro atoms. The molecule has 0 saturated heterocycles. The SMILES string of the molecule is c1ccc(-c2ccc(-c3ccccc3N(c3ccc(-c4ccc5cccc(-c6ccccc6)c5c4)cc3)c3cccc4oc5ccccc5c34)cc2)cc1. The van der Waals surface area contributed by atoms with Crippen molar-refractivity contribution in [3.63, 3.8) is 0 Å². The van der Waals surface area contributed by atoms with E-state index in [0.29, 0.717) is 0 Å². The van der Waals surface area contributed by atoms with E-state index in [1.165, 1.54) is 44.2 Å². The van der Waals surface area contributed by atoms with E-state index < -0.39 is 0 Å². The van der Waals surface area contributed by atoms with E-state index in [2.05, 4.69) is 205 Å². The number of furan rings is 1. The third kappa shape index (κ3) is 5.62. The van der Waals surface area contributed by atoms with Crippen molar-refractivity contribution in [2.24, 2.45) is 0 Å². The first-order chi connectivity index (χ1) is 26.8. The van der Waals surface area contributed by atoms with Crippen LogP contribution in [0.15, 0.2) is 217 Å². The lowest BCUT2D eigenvalue weighted by Crippen LogP contribution is -2.11. The third-order valence-corrected chi connectivity index (χ3v) is 10.5. The summed E-state index contributed by atoms with van der Waals surface area (Å²) < 4.78 is 6.41. The monoisotopic (exact) mass is 689 g/mol. The fraction of sp³-hybridized carbons (Fsp3) is 0. The highest BCUT2D eigenvalue weighted by Gasteiger charge is 2.22. The Kier molecular flexibility index (Phi) is 7.85. The molecule has 0 bridgehead atoms. The molecule has 0 unspecified atom stereocenters. The number of rotatable bonds is 7. The van der Waals surface area contributed by atoms with Crippen LogP contribution in [-0.2, 0) is 0 Å². The molecule has 0 fully saturated rings. The van der Waals surface area contributed by atoms with Gasteiger partial charge in [0.05, 0.1) is 16.8 Å². The zero-order chi connectivity index (χ0) is 35.8. The summed E-state index contributed by atoms with van der Waals surface area (Å²) in [5, 5.41) is 4.67. The second kappa shape index (κ2) is 13.4. The summed E-state index contributed by atoms with van der Waals surface area (Å²) >= 11 is 0. The summed E-state index contributed by atoms with van der Waals surface area (Å²) in [5.74, 6) is 0. The molecule has 2 nitrogen and oxygen atoms in total. The van der Waals surface area contributed by atoms with E-state index in [9.17, 15) is 0 Å². The second-order valence-corrected chi connectivity index (χ2v) is 13.7. The van der Waals surface area contributed by atoms with Gasteiger partial charge in [0.1, 0.15) is 11.2 Å². The van der Waals surface area contributed by atoms with E-state index >= 15 is 0 Å². The predicted octanol–water partition coefficient (Wildman–Crippen LogP) is 14.9. The summed E-state index contributed by atoms with van der Waals surface area (Å²) in [7, 11) is 0. The molecule has 54 heavy (non-hydrogen) atoms. The smallest absolute Gasteiger partial charge is 0.137 e. The van der Waals surface area contributed by atoms with Crippen molar-refractivity contribution in [1.82, 2.24) is 0 Å². The lowest BCUT2D eigenvalue weighted by atomic mass is 9.94. The summed E-state index contributed by atoms with van der Waals surface area (Å²) in [4.78, 5) is 2.39. The summed E-state index contributed by atoms with van der Waals surface area (Å²) in [6.07, 6.45) is 0. The van der Waals surface area contributed by atoms with Crippen LogP contribution in [0, 0.1) is 0 Å². The fourth-order valence-corrected chi connectivity index (χ4v) is 7.86. The lowest BCUT2D eigenvalue weighted by Gasteiger charge is -2.28. The van der Waals surface area contributed by atoms with Crippen molar-refractivity contribution in [2.45, 2.75) is 0 Å². The van der Waals surface area contributed by atoms with E-state index in [1.54, 1.807) is 0 Å². The molecule has 9 aromatic carbocycles. The maximum absolute atomic E-state index is 6.41. The van der Waals surface area contributed by atoms with Crippen LogP contribution in [0.25, 0.3) is 77.2 Å². The first kappa shape index (κ1) is 31.6. The number of benzene rings is 9. The molecule has 1 heterocycles. The molecule has 2 heteroatoms. The molecule has 0 aliphatic rings. The van der Waals surface area contributed by atoms with Gasteiger partial charge in [-0.15, -0.1) is 0 Å². The zero-order valence-electron chi connectivity index (χ0n) is 29.6. The molecule has 254 valence electrons. The molecule has 1 aromatic heterocycles. The Labute approximate surface area is 314 Å². The van der Waals surface area contributed by atoms with Gasteiger partial charge >= 0.3 is 0 Å². The van der Waals surface area contributed by atoms with Crippen molar-refractivity contribution in [2.75, 3.05) is 4.90 Å². The molecular formula is C52H35NO.